The maximum atomic E-state index is 5.79. The molecular weight excluding hydrogens is 312 g/mol. The number of ether oxygens (including phenoxy) is 1. The Kier molecular flexibility index (Phi) is 6.62. The van der Waals surface area contributed by atoms with Gasteiger partial charge in [-0.2, -0.15) is 5.10 Å². The highest BCUT2D eigenvalue weighted by Gasteiger charge is 2.21. The normalized spacial score (nSPS) is 21.5. The number of morpholine rings is 1. The number of H-pyrrole nitrogens is 1. The van der Waals surface area contributed by atoms with Crippen molar-refractivity contribution in [3.63, 3.8) is 0 Å². The highest BCUT2D eigenvalue weighted by atomic mass is 16.5. The number of aromatic amines is 1. The van der Waals surface area contributed by atoms with Crippen LogP contribution in [0.15, 0.2) is 36.5 Å². The number of aromatic nitrogens is 2. The highest BCUT2D eigenvalue weighted by molar-refractivity contribution is 5.62. The number of nitrogens with zero attached hydrogens (tertiary/aromatic N) is 2. The van der Waals surface area contributed by atoms with Crippen LogP contribution in [0.4, 0.5) is 0 Å². The van der Waals surface area contributed by atoms with E-state index in [-0.39, 0.29) is 0 Å². The molecule has 0 saturated carbocycles. The van der Waals surface area contributed by atoms with Crippen molar-refractivity contribution < 1.29 is 4.74 Å². The van der Waals surface area contributed by atoms with Crippen molar-refractivity contribution in [3.8, 4) is 11.3 Å². The van der Waals surface area contributed by atoms with Crippen molar-refractivity contribution in [2.45, 2.75) is 45.4 Å². The molecule has 2 N–H and O–H groups in total. The maximum Gasteiger partial charge on any atom is 0.0695 e. The van der Waals surface area contributed by atoms with Crippen LogP contribution < -0.4 is 5.32 Å². The molecule has 5 nitrogen and oxygen atoms in total. The van der Waals surface area contributed by atoms with Gasteiger partial charge in [0.05, 0.1) is 24.1 Å². The van der Waals surface area contributed by atoms with Gasteiger partial charge >= 0.3 is 0 Å². The fourth-order valence-electron chi connectivity index (χ4n) is 3.58. The van der Waals surface area contributed by atoms with E-state index in [0.717, 1.165) is 31.9 Å². The number of hydrogen-bond donors (Lipinski definition) is 2. The Bertz CT molecular complexity index is 618. The SMILES string of the molecule is CC1CN(CCCCNCc2cn[nH]c2-c2ccccc2)CC(C)O1. The van der Waals surface area contributed by atoms with E-state index in [2.05, 4.69) is 58.5 Å². The molecule has 1 saturated heterocycles. The monoisotopic (exact) mass is 342 g/mol. The van der Waals surface area contributed by atoms with Crippen molar-refractivity contribution in [2.75, 3.05) is 26.2 Å². The summed E-state index contributed by atoms with van der Waals surface area (Å²) in [5, 5.41) is 10.9. The van der Waals surface area contributed by atoms with E-state index in [1.54, 1.807) is 0 Å². The van der Waals surface area contributed by atoms with Gasteiger partial charge in [-0.1, -0.05) is 30.3 Å². The molecule has 0 radical (unpaired) electrons. The van der Waals surface area contributed by atoms with E-state index in [1.807, 2.05) is 12.3 Å². The summed E-state index contributed by atoms with van der Waals surface area (Å²) in [6, 6.07) is 10.4. The fraction of sp³-hybridized carbons (Fsp3) is 0.550. The summed E-state index contributed by atoms with van der Waals surface area (Å²) >= 11 is 0. The van der Waals surface area contributed by atoms with Crippen LogP contribution in [0.2, 0.25) is 0 Å². The van der Waals surface area contributed by atoms with Gasteiger partial charge in [-0.25, -0.2) is 0 Å². The second kappa shape index (κ2) is 9.13. The minimum absolute atomic E-state index is 0.361. The zero-order valence-corrected chi connectivity index (χ0v) is 15.4. The minimum Gasteiger partial charge on any atom is -0.373 e. The first-order chi connectivity index (χ1) is 12.2. The highest BCUT2D eigenvalue weighted by Crippen LogP contribution is 2.20. The number of unbranched alkanes of at least 4 members (excludes halogenated alkanes) is 1. The largest absolute Gasteiger partial charge is 0.373 e. The Balaban J connectivity index is 1.35. The van der Waals surface area contributed by atoms with Gasteiger partial charge in [0.1, 0.15) is 0 Å². The molecule has 0 spiro atoms. The van der Waals surface area contributed by atoms with Crippen LogP contribution in [-0.4, -0.2) is 53.5 Å². The zero-order chi connectivity index (χ0) is 17.5. The predicted molar refractivity (Wildman–Crippen MR) is 101 cm³/mol. The summed E-state index contributed by atoms with van der Waals surface area (Å²) < 4.78 is 5.79. The molecule has 1 fully saturated rings. The average Bonchev–Trinajstić information content (AvgIpc) is 3.06. The van der Waals surface area contributed by atoms with E-state index in [9.17, 15) is 0 Å². The maximum absolute atomic E-state index is 5.79. The number of hydrogen-bond acceptors (Lipinski definition) is 4. The molecule has 1 aromatic carbocycles. The van der Waals surface area contributed by atoms with Gasteiger partial charge in [-0.15, -0.1) is 0 Å². The molecule has 0 aliphatic carbocycles. The molecule has 1 aliphatic rings. The van der Waals surface area contributed by atoms with E-state index in [4.69, 9.17) is 4.74 Å². The fourth-order valence-corrected chi connectivity index (χ4v) is 3.58. The van der Waals surface area contributed by atoms with E-state index in [1.165, 1.54) is 30.5 Å². The third-order valence-corrected chi connectivity index (χ3v) is 4.67. The Labute approximate surface area is 150 Å². The van der Waals surface area contributed by atoms with Crippen molar-refractivity contribution in [3.05, 3.63) is 42.1 Å². The number of rotatable bonds is 8. The summed E-state index contributed by atoms with van der Waals surface area (Å²) in [4.78, 5) is 2.53. The van der Waals surface area contributed by atoms with Crippen LogP contribution in [0.5, 0.6) is 0 Å². The summed E-state index contributed by atoms with van der Waals surface area (Å²) in [7, 11) is 0. The van der Waals surface area contributed by atoms with Crippen molar-refractivity contribution in [1.82, 2.24) is 20.4 Å². The van der Waals surface area contributed by atoms with Crippen LogP contribution >= 0.6 is 0 Å². The first kappa shape index (κ1) is 18.1. The molecule has 2 unspecified atom stereocenters. The average molecular weight is 342 g/mol. The van der Waals surface area contributed by atoms with Gasteiger partial charge in [-0.05, 0) is 45.3 Å². The molecule has 0 bridgehead atoms. The van der Waals surface area contributed by atoms with Crippen LogP contribution in [0, 0.1) is 0 Å². The lowest BCUT2D eigenvalue weighted by Gasteiger charge is -2.35. The first-order valence-electron chi connectivity index (χ1n) is 9.38. The van der Waals surface area contributed by atoms with Gasteiger partial charge in [0, 0.05) is 25.2 Å². The molecule has 2 atom stereocenters. The molecule has 2 heterocycles. The zero-order valence-electron chi connectivity index (χ0n) is 15.4. The molecule has 3 rings (SSSR count). The van der Waals surface area contributed by atoms with Gasteiger partial charge in [0.2, 0.25) is 0 Å². The third-order valence-electron chi connectivity index (χ3n) is 4.67. The summed E-state index contributed by atoms with van der Waals surface area (Å²) in [6.45, 7) is 9.52. The third kappa shape index (κ3) is 5.39. The van der Waals surface area contributed by atoms with Gasteiger partial charge < -0.3 is 10.1 Å². The van der Waals surface area contributed by atoms with Crippen molar-refractivity contribution >= 4 is 0 Å². The van der Waals surface area contributed by atoms with E-state index < -0.39 is 0 Å². The lowest BCUT2D eigenvalue weighted by molar-refractivity contribution is -0.0681. The van der Waals surface area contributed by atoms with Crippen molar-refractivity contribution in [1.29, 1.82) is 0 Å². The summed E-state index contributed by atoms with van der Waals surface area (Å²) in [6.07, 6.45) is 5.06. The predicted octanol–water partition coefficient (Wildman–Crippen LogP) is 3.06. The van der Waals surface area contributed by atoms with Crippen LogP contribution in [0.3, 0.4) is 0 Å². The molecule has 1 aromatic heterocycles. The molecule has 0 amide bonds. The van der Waals surface area contributed by atoms with E-state index in [0.29, 0.717) is 12.2 Å². The molecule has 5 heteroatoms. The first-order valence-corrected chi connectivity index (χ1v) is 9.38. The smallest absolute Gasteiger partial charge is 0.0695 e. The standard InChI is InChI=1S/C20H30N4O/c1-16-14-24(15-17(2)25-16)11-7-6-10-21-12-19-13-22-23-20(19)18-8-4-3-5-9-18/h3-5,8-9,13,16-17,21H,6-7,10-12,14-15H2,1-2H3,(H,22,23). The second-order valence-electron chi connectivity index (χ2n) is 7.04. The van der Waals surface area contributed by atoms with Gasteiger partial charge in [0.15, 0.2) is 0 Å². The number of benzene rings is 1. The molecule has 25 heavy (non-hydrogen) atoms. The molecule has 1 aliphatic heterocycles. The van der Waals surface area contributed by atoms with Crippen LogP contribution in [-0.2, 0) is 11.3 Å². The van der Waals surface area contributed by atoms with E-state index >= 15 is 0 Å². The van der Waals surface area contributed by atoms with Gasteiger partial charge in [-0.3, -0.25) is 10.00 Å². The summed E-state index contributed by atoms with van der Waals surface area (Å²) in [5.41, 5.74) is 3.53. The van der Waals surface area contributed by atoms with Crippen molar-refractivity contribution in [2.24, 2.45) is 0 Å². The Morgan fingerprint density at radius 1 is 1.16 bits per heavy atom. The Morgan fingerprint density at radius 3 is 2.68 bits per heavy atom. The Hall–Kier alpha value is -1.69. The lowest BCUT2D eigenvalue weighted by atomic mass is 10.1. The summed E-state index contributed by atoms with van der Waals surface area (Å²) in [5.74, 6) is 0. The quantitative estimate of drug-likeness (QED) is 0.724. The van der Waals surface area contributed by atoms with Gasteiger partial charge in [0.25, 0.3) is 0 Å². The Morgan fingerprint density at radius 2 is 1.92 bits per heavy atom. The van der Waals surface area contributed by atoms with Crippen LogP contribution in [0.25, 0.3) is 11.3 Å². The minimum atomic E-state index is 0.361. The lowest BCUT2D eigenvalue weighted by Crippen LogP contribution is -2.45. The topological polar surface area (TPSA) is 53.2 Å². The number of nitrogens with one attached hydrogen (secondary N) is 2. The molecular formula is C20H30N4O. The molecule has 136 valence electrons. The second-order valence-corrected chi connectivity index (χ2v) is 7.04. The van der Waals surface area contributed by atoms with Crippen LogP contribution in [0.1, 0.15) is 32.3 Å². The molecule has 2 aromatic rings.